The Hall–Kier alpha value is -1.75. The van der Waals surface area contributed by atoms with Crippen LogP contribution in [0.3, 0.4) is 0 Å². The molecule has 1 saturated heterocycles. The van der Waals surface area contributed by atoms with E-state index in [-0.39, 0.29) is 36.2 Å². The van der Waals surface area contributed by atoms with E-state index in [4.69, 9.17) is 0 Å². The first-order chi connectivity index (χ1) is 11.2. The summed E-state index contributed by atoms with van der Waals surface area (Å²) >= 11 is 0. The Kier molecular flexibility index (Phi) is 4.99. The summed E-state index contributed by atoms with van der Waals surface area (Å²) < 4.78 is 0. The number of nitrogens with zero attached hydrogens (tertiary/aromatic N) is 1. The summed E-state index contributed by atoms with van der Waals surface area (Å²) in [5.41, 5.74) is 3.18. The number of rotatable bonds is 3. The average molecular weight is 350 g/mol. The van der Waals surface area contributed by atoms with E-state index in [1.807, 2.05) is 23.1 Å². The zero-order valence-corrected chi connectivity index (χ0v) is 14.5. The highest BCUT2D eigenvalue weighted by Crippen LogP contribution is 2.29. The lowest BCUT2D eigenvalue weighted by Gasteiger charge is -2.32. The van der Waals surface area contributed by atoms with Crippen LogP contribution in [-0.2, 0) is 11.2 Å². The van der Waals surface area contributed by atoms with Gasteiger partial charge in [-0.25, -0.2) is 0 Å². The molecule has 1 aromatic rings. The van der Waals surface area contributed by atoms with E-state index in [1.165, 1.54) is 5.56 Å². The molecule has 0 radical (unpaired) electrons. The lowest BCUT2D eigenvalue weighted by Crippen LogP contribution is -2.46. The molecule has 1 aliphatic carbocycles. The standard InChI is InChI=1S/C18H23N3O2.ClH/c22-17(12-1-2-12)20-15-6-9-21(10-7-15)18(23)14-3-4-16-13(11-14)5-8-19-16;/h3-4,11-12,15,19H,1-2,5-10H2,(H,20,22);1H. The highest BCUT2D eigenvalue weighted by Gasteiger charge is 2.32. The number of fused-ring (bicyclic) bond motifs is 1. The molecule has 0 aromatic heterocycles. The molecule has 5 nitrogen and oxygen atoms in total. The highest BCUT2D eigenvalue weighted by atomic mass is 35.5. The summed E-state index contributed by atoms with van der Waals surface area (Å²) in [5.74, 6) is 0.585. The van der Waals surface area contributed by atoms with E-state index in [2.05, 4.69) is 10.6 Å². The molecule has 2 heterocycles. The van der Waals surface area contributed by atoms with Crippen molar-refractivity contribution in [3.8, 4) is 0 Å². The number of halogens is 1. The van der Waals surface area contributed by atoms with Gasteiger partial charge in [0, 0.05) is 42.8 Å². The molecule has 2 N–H and O–H groups in total. The monoisotopic (exact) mass is 349 g/mol. The van der Waals surface area contributed by atoms with Gasteiger partial charge < -0.3 is 15.5 Å². The fraction of sp³-hybridized carbons (Fsp3) is 0.556. The zero-order valence-electron chi connectivity index (χ0n) is 13.7. The van der Waals surface area contributed by atoms with Gasteiger partial charge in [0.2, 0.25) is 5.91 Å². The van der Waals surface area contributed by atoms with Crippen LogP contribution in [-0.4, -0.2) is 42.4 Å². The predicted molar refractivity (Wildman–Crippen MR) is 95.7 cm³/mol. The maximum absolute atomic E-state index is 12.7. The number of hydrogen-bond acceptors (Lipinski definition) is 3. The molecule has 24 heavy (non-hydrogen) atoms. The molecule has 2 fully saturated rings. The number of piperidine rings is 1. The van der Waals surface area contributed by atoms with Crippen LogP contribution >= 0.6 is 12.4 Å². The van der Waals surface area contributed by atoms with Crippen LogP contribution in [0.5, 0.6) is 0 Å². The molecule has 3 aliphatic rings. The van der Waals surface area contributed by atoms with Gasteiger partial charge in [0.15, 0.2) is 0 Å². The summed E-state index contributed by atoms with van der Waals surface area (Å²) in [5, 5.41) is 6.45. The molecule has 1 aromatic carbocycles. The largest absolute Gasteiger partial charge is 0.384 e. The van der Waals surface area contributed by atoms with Crippen LogP contribution in [0.15, 0.2) is 18.2 Å². The summed E-state index contributed by atoms with van der Waals surface area (Å²) in [6.07, 6.45) is 4.78. The molecule has 0 spiro atoms. The second-order valence-electron chi connectivity index (χ2n) is 6.90. The number of carbonyl (C=O) groups excluding carboxylic acids is 2. The van der Waals surface area contributed by atoms with Gasteiger partial charge in [0.1, 0.15) is 0 Å². The van der Waals surface area contributed by atoms with Crippen molar-refractivity contribution in [3.63, 3.8) is 0 Å². The van der Waals surface area contributed by atoms with E-state index in [0.717, 1.165) is 63.0 Å². The Morgan fingerprint density at radius 1 is 1.12 bits per heavy atom. The Balaban J connectivity index is 0.00000169. The van der Waals surface area contributed by atoms with Gasteiger partial charge >= 0.3 is 0 Å². The molecule has 1 saturated carbocycles. The number of benzene rings is 1. The number of amides is 2. The zero-order chi connectivity index (χ0) is 15.8. The Bertz CT molecular complexity index is 637. The van der Waals surface area contributed by atoms with Crippen LogP contribution in [0.1, 0.15) is 41.6 Å². The third-order valence-electron chi connectivity index (χ3n) is 5.14. The summed E-state index contributed by atoms with van der Waals surface area (Å²) in [6.45, 7) is 2.41. The van der Waals surface area contributed by atoms with Crippen molar-refractivity contribution < 1.29 is 9.59 Å². The summed E-state index contributed by atoms with van der Waals surface area (Å²) in [6, 6.07) is 6.19. The fourth-order valence-corrected chi connectivity index (χ4v) is 3.51. The molecule has 0 atom stereocenters. The van der Waals surface area contributed by atoms with Gasteiger partial charge in [-0.15, -0.1) is 12.4 Å². The van der Waals surface area contributed by atoms with Crippen molar-refractivity contribution in [3.05, 3.63) is 29.3 Å². The van der Waals surface area contributed by atoms with Crippen LogP contribution in [0.25, 0.3) is 0 Å². The highest BCUT2D eigenvalue weighted by molar-refractivity contribution is 5.95. The normalized spacial score (nSPS) is 19.9. The van der Waals surface area contributed by atoms with Crippen LogP contribution < -0.4 is 10.6 Å². The lowest BCUT2D eigenvalue weighted by molar-refractivity contribution is -0.123. The van der Waals surface area contributed by atoms with Gasteiger partial charge in [-0.1, -0.05) is 0 Å². The molecule has 0 bridgehead atoms. The van der Waals surface area contributed by atoms with Gasteiger partial charge in [0.05, 0.1) is 0 Å². The topological polar surface area (TPSA) is 61.4 Å². The first-order valence-electron chi connectivity index (χ1n) is 8.67. The molecule has 2 aliphatic heterocycles. The molecular formula is C18H24ClN3O2. The summed E-state index contributed by atoms with van der Waals surface area (Å²) in [7, 11) is 0. The molecular weight excluding hydrogens is 326 g/mol. The second kappa shape index (κ2) is 7.01. The van der Waals surface area contributed by atoms with Crippen molar-refractivity contribution in [1.29, 1.82) is 0 Å². The van der Waals surface area contributed by atoms with Crippen molar-refractivity contribution >= 4 is 29.9 Å². The maximum atomic E-state index is 12.7. The Labute approximate surface area is 148 Å². The molecule has 130 valence electrons. The van der Waals surface area contributed by atoms with Crippen molar-refractivity contribution in [2.75, 3.05) is 25.0 Å². The minimum atomic E-state index is 0. The third-order valence-corrected chi connectivity index (χ3v) is 5.14. The third kappa shape index (κ3) is 3.51. The number of hydrogen-bond donors (Lipinski definition) is 2. The fourth-order valence-electron chi connectivity index (χ4n) is 3.51. The molecule has 6 heteroatoms. The van der Waals surface area contributed by atoms with E-state index < -0.39 is 0 Å². The smallest absolute Gasteiger partial charge is 0.253 e. The van der Waals surface area contributed by atoms with E-state index >= 15 is 0 Å². The SMILES string of the molecule is Cl.O=C(NC1CCN(C(=O)c2ccc3c(c2)CCN3)CC1)C1CC1. The lowest BCUT2D eigenvalue weighted by atomic mass is 10.0. The van der Waals surface area contributed by atoms with Crippen molar-refractivity contribution in [1.82, 2.24) is 10.2 Å². The first-order valence-corrected chi connectivity index (χ1v) is 8.67. The van der Waals surface area contributed by atoms with Crippen molar-refractivity contribution in [2.24, 2.45) is 5.92 Å². The molecule has 2 amide bonds. The van der Waals surface area contributed by atoms with Gasteiger partial charge in [-0.3, -0.25) is 9.59 Å². The van der Waals surface area contributed by atoms with E-state index in [1.54, 1.807) is 0 Å². The number of nitrogens with one attached hydrogen (secondary N) is 2. The first kappa shape index (κ1) is 17.1. The van der Waals surface area contributed by atoms with Crippen LogP contribution in [0.4, 0.5) is 5.69 Å². The molecule has 0 unspecified atom stereocenters. The number of likely N-dealkylation sites (tertiary alicyclic amines) is 1. The molecule has 4 rings (SSSR count). The van der Waals surface area contributed by atoms with Crippen molar-refractivity contribution in [2.45, 2.75) is 38.1 Å². The Morgan fingerprint density at radius 3 is 2.58 bits per heavy atom. The number of carbonyl (C=O) groups is 2. The number of anilines is 1. The average Bonchev–Trinajstić information content (AvgIpc) is 3.32. The quantitative estimate of drug-likeness (QED) is 0.879. The van der Waals surface area contributed by atoms with Gasteiger partial charge in [-0.2, -0.15) is 0 Å². The van der Waals surface area contributed by atoms with E-state index in [9.17, 15) is 9.59 Å². The predicted octanol–water partition coefficient (Wildman–Crippen LogP) is 2.21. The van der Waals surface area contributed by atoms with Crippen LogP contribution in [0.2, 0.25) is 0 Å². The minimum absolute atomic E-state index is 0. The second-order valence-corrected chi connectivity index (χ2v) is 6.90. The Morgan fingerprint density at radius 2 is 1.88 bits per heavy atom. The summed E-state index contributed by atoms with van der Waals surface area (Å²) in [4.78, 5) is 26.4. The van der Waals surface area contributed by atoms with Crippen LogP contribution in [0, 0.1) is 5.92 Å². The van der Waals surface area contributed by atoms with Gasteiger partial charge in [-0.05, 0) is 55.9 Å². The van der Waals surface area contributed by atoms with E-state index in [0.29, 0.717) is 0 Å². The maximum Gasteiger partial charge on any atom is 0.253 e. The minimum Gasteiger partial charge on any atom is -0.384 e. The van der Waals surface area contributed by atoms with Gasteiger partial charge in [0.25, 0.3) is 5.91 Å².